The molecule has 0 saturated carbocycles. The van der Waals surface area contributed by atoms with Crippen molar-refractivity contribution in [3.05, 3.63) is 95.7 Å². The summed E-state index contributed by atoms with van der Waals surface area (Å²) in [6, 6.07) is 26.5. The first-order chi connectivity index (χ1) is 13.3. The summed E-state index contributed by atoms with van der Waals surface area (Å²) in [5, 5.41) is 1.09. The first-order valence-corrected chi connectivity index (χ1v) is 8.92. The Morgan fingerprint density at radius 3 is 2.30 bits per heavy atom. The van der Waals surface area contributed by atoms with E-state index in [4.69, 9.17) is 9.47 Å². The molecule has 1 aromatic heterocycles. The van der Waals surface area contributed by atoms with Crippen LogP contribution >= 0.6 is 0 Å². The van der Waals surface area contributed by atoms with Crippen LogP contribution in [0.5, 0.6) is 11.5 Å². The van der Waals surface area contributed by atoms with Gasteiger partial charge in [-0.2, -0.15) is 0 Å². The summed E-state index contributed by atoms with van der Waals surface area (Å²) in [5.41, 5.74) is 4.35. The zero-order valence-corrected chi connectivity index (χ0v) is 15.2. The number of nitrogens with one attached hydrogen (secondary N) is 1. The third-order valence-corrected chi connectivity index (χ3v) is 4.42. The van der Waals surface area contributed by atoms with Crippen LogP contribution in [0.4, 0.5) is 0 Å². The Kier molecular flexibility index (Phi) is 4.93. The molecule has 0 fully saturated rings. The van der Waals surface area contributed by atoms with Gasteiger partial charge in [0.15, 0.2) is 11.5 Å². The lowest BCUT2D eigenvalue weighted by molar-refractivity contribution is 0.285. The van der Waals surface area contributed by atoms with Crippen molar-refractivity contribution in [2.45, 2.75) is 6.61 Å². The minimum atomic E-state index is 0.504. The topological polar surface area (TPSA) is 34.2 Å². The van der Waals surface area contributed by atoms with Crippen LogP contribution in [0.3, 0.4) is 0 Å². The number of aromatic amines is 1. The average molecular weight is 355 g/mol. The number of benzene rings is 3. The van der Waals surface area contributed by atoms with Crippen LogP contribution in [-0.2, 0) is 6.61 Å². The van der Waals surface area contributed by atoms with Gasteiger partial charge in [0.25, 0.3) is 0 Å². The number of hydrogen-bond donors (Lipinski definition) is 1. The molecular formula is C24H21NO2. The van der Waals surface area contributed by atoms with Gasteiger partial charge >= 0.3 is 0 Å². The fourth-order valence-electron chi connectivity index (χ4n) is 3.01. The van der Waals surface area contributed by atoms with E-state index in [1.54, 1.807) is 7.11 Å². The average Bonchev–Trinajstić information content (AvgIpc) is 3.13. The second kappa shape index (κ2) is 7.83. The van der Waals surface area contributed by atoms with Crippen LogP contribution in [0.2, 0.25) is 0 Å². The Bertz CT molecular complexity index is 1050. The highest BCUT2D eigenvalue weighted by Gasteiger charge is 2.09. The third-order valence-electron chi connectivity index (χ3n) is 4.42. The molecule has 1 heterocycles. The number of fused-ring (bicyclic) bond motifs is 1. The highest BCUT2D eigenvalue weighted by molar-refractivity contribution is 5.87. The van der Waals surface area contributed by atoms with Crippen molar-refractivity contribution < 1.29 is 9.47 Å². The Hall–Kier alpha value is -3.46. The molecule has 0 aliphatic heterocycles. The monoisotopic (exact) mass is 355 g/mol. The summed E-state index contributed by atoms with van der Waals surface area (Å²) in [6.07, 6.45) is 4.17. The van der Waals surface area contributed by atoms with Crippen molar-refractivity contribution in [2.24, 2.45) is 0 Å². The Labute approximate surface area is 158 Å². The fraction of sp³-hybridized carbons (Fsp3) is 0.0833. The van der Waals surface area contributed by atoms with E-state index in [0.29, 0.717) is 6.61 Å². The van der Waals surface area contributed by atoms with Crippen LogP contribution in [0.25, 0.3) is 23.1 Å². The summed E-state index contributed by atoms with van der Waals surface area (Å²) in [5.74, 6) is 1.46. The van der Waals surface area contributed by atoms with Crippen LogP contribution in [0, 0.1) is 0 Å². The van der Waals surface area contributed by atoms with Gasteiger partial charge in [0.1, 0.15) is 6.61 Å². The summed E-state index contributed by atoms with van der Waals surface area (Å²) in [7, 11) is 1.67. The molecule has 0 atom stereocenters. The summed E-state index contributed by atoms with van der Waals surface area (Å²) in [6.45, 7) is 0.504. The van der Waals surface area contributed by atoms with E-state index in [1.807, 2.05) is 60.7 Å². The number of rotatable bonds is 6. The maximum Gasteiger partial charge on any atom is 0.163 e. The lowest BCUT2D eigenvalue weighted by atomic mass is 10.2. The maximum atomic E-state index is 6.00. The predicted octanol–water partition coefficient (Wildman–Crippen LogP) is 5.93. The van der Waals surface area contributed by atoms with Gasteiger partial charge in [0.05, 0.1) is 7.11 Å². The maximum absolute atomic E-state index is 6.00. The van der Waals surface area contributed by atoms with Gasteiger partial charge in [-0.1, -0.05) is 66.7 Å². The van der Waals surface area contributed by atoms with E-state index in [9.17, 15) is 0 Å². The molecule has 4 rings (SSSR count). The van der Waals surface area contributed by atoms with Gasteiger partial charge in [0.2, 0.25) is 0 Å². The Morgan fingerprint density at radius 2 is 1.56 bits per heavy atom. The van der Waals surface area contributed by atoms with Crippen molar-refractivity contribution in [2.75, 3.05) is 7.11 Å². The number of hydrogen-bond acceptors (Lipinski definition) is 2. The lowest BCUT2D eigenvalue weighted by Crippen LogP contribution is -1.97. The molecule has 0 aliphatic carbocycles. The first-order valence-electron chi connectivity index (χ1n) is 8.92. The Morgan fingerprint density at radius 1 is 0.815 bits per heavy atom. The van der Waals surface area contributed by atoms with E-state index in [0.717, 1.165) is 33.7 Å². The lowest BCUT2D eigenvalue weighted by Gasteiger charge is -2.11. The highest BCUT2D eigenvalue weighted by Crippen LogP contribution is 2.33. The molecule has 1 N–H and O–H groups in total. The predicted molar refractivity (Wildman–Crippen MR) is 111 cm³/mol. The molecule has 4 aromatic rings. The molecule has 0 amide bonds. The summed E-state index contributed by atoms with van der Waals surface area (Å²) >= 11 is 0. The quantitative estimate of drug-likeness (QED) is 0.465. The number of ether oxygens (including phenoxy) is 2. The standard InChI is InChI=1S/C24H21NO2/c1-26-23-15-20-14-21(13-12-18-8-4-2-5-9-18)25-22(20)16-24(23)27-17-19-10-6-3-7-11-19/h2-16,25H,17H2,1H3/b13-12+. The van der Waals surface area contributed by atoms with Crippen LogP contribution in [-0.4, -0.2) is 12.1 Å². The van der Waals surface area contributed by atoms with Crippen molar-refractivity contribution >= 4 is 23.1 Å². The molecule has 0 unspecified atom stereocenters. The largest absolute Gasteiger partial charge is 0.493 e. The van der Waals surface area contributed by atoms with E-state index < -0.39 is 0 Å². The summed E-state index contributed by atoms with van der Waals surface area (Å²) in [4.78, 5) is 3.43. The molecular weight excluding hydrogens is 334 g/mol. The second-order valence-corrected chi connectivity index (χ2v) is 6.33. The van der Waals surface area contributed by atoms with Gasteiger partial charge in [-0.3, -0.25) is 0 Å². The Balaban J connectivity index is 1.58. The molecule has 0 saturated heterocycles. The highest BCUT2D eigenvalue weighted by atomic mass is 16.5. The van der Waals surface area contributed by atoms with E-state index in [1.165, 1.54) is 5.56 Å². The van der Waals surface area contributed by atoms with Crippen LogP contribution < -0.4 is 9.47 Å². The van der Waals surface area contributed by atoms with Crippen molar-refractivity contribution in [1.29, 1.82) is 0 Å². The van der Waals surface area contributed by atoms with Crippen molar-refractivity contribution in [1.82, 2.24) is 4.98 Å². The third kappa shape index (κ3) is 4.04. The molecule has 3 aromatic carbocycles. The van der Waals surface area contributed by atoms with E-state index >= 15 is 0 Å². The molecule has 0 bridgehead atoms. The molecule has 27 heavy (non-hydrogen) atoms. The molecule has 3 nitrogen and oxygen atoms in total. The number of methoxy groups -OCH3 is 1. The smallest absolute Gasteiger partial charge is 0.163 e. The van der Waals surface area contributed by atoms with Crippen LogP contribution in [0.1, 0.15) is 16.8 Å². The van der Waals surface area contributed by atoms with Crippen molar-refractivity contribution in [3.63, 3.8) is 0 Å². The molecule has 134 valence electrons. The SMILES string of the molecule is COc1cc2cc(/C=C/c3ccccc3)[nH]c2cc1OCc1ccccc1. The number of H-pyrrole nitrogens is 1. The van der Waals surface area contributed by atoms with Crippen LogP contribution in [0.15, 0.2) is 78.9 Å². The molecule has 0 radical (unpaired) electrons. The summed E-state index contributed by atoms with van der Waals surface area (Å²) < 4.78 is 11.5. The van der Waals surface area contributed by atoms with Crippen molar-refractivity contribution in [3.8, 4) is 11.5 Å². The van der Waals surface area contributed by atoms with Gasteiger partial charge in [-0.05, 0) is 29.3 Å². The van der Waals surface area contributed by atoms with Gasteiger partial charge in [-0.15, -0.1) is 0 Å². The normalized spacial score (nSPS) is 11.1. The zero-order valence-electron chi connectivity index (χ0n) is 15.2. The first kappa shape index (κ1) is 17.0. The van der Waals surface area contributed by atoms with Gasteiger partial charge < -0.3 is 14.5 Å². The fourth-order valence-corrected chi connectivity index (χ4v) is 3.01. The van der Waals surface area contributed by atoms with Gasteiger partial charge in [0, 0.05) is 22.7 Å². The molecule has 0 spiro atoms. The minimum absolute atomic E-state index is 0.504. The zero-order chi connectivity index (χ0) is 18.5. The molecule has 3 heteroatoms. The van der Waals surface area contributed by atoms with Gasteiger partial charge in [-0.25, -0.2) is 0 Å². The second-order valence-electron chi connectivity index (χ2n) is 6.33. The molecule has 0 aliphatic rings. The van der Waals surface area contributed by atoms with E-state index in [2.05, 4.69) is 35.3 Å². The van der Waals surface area contributed by atoms with E-state index in [-0.39, 0.29) is 0 Å². The minimum Gasteiger partial charge on any atom is -0.493 e. The number of aromatic nitrogens is 1.